The summed E-state index contributed by atoms with van der Waals surface area (Å²) in [6.07, 6.45) is 0.452. The molecular weight excluding hydrogens is 483 g/mol. The summed E-state index contributed by atoms with van der Waals surface area (Å²) in [5.74, 6) is -0.0261. The lowest BCUT2D eigenvalue weighted by atomic mass is 10.3. The highest BCUT2D eigenvalue weighted by molar-refractivity contribution is 8.00. The zero-order valence-corrected chi connectivity index (χ0v) is 19.4. The Morgan fingerprint density at radius 3 is 3.06 bits per heavy atom. The Hall–Kier alpha value is -3.72. The van der Waals surface area contributed by atoms with Gasteiger partial charge in [-0.1, -0.05) is 11.8 Å². The summed E-state index contributed by atoms with van der Waals surface area (Å²) in [5, 5.41) is 9.15. The summed E-state index contributed by atoms with van der Waals surface area (Å²) >= 11 is 1.28. The number of pyridine rings is 1. The third-order valence-electron chi connectivity index (χ3n) is 5.41. The van der Waals surface area contributed by atoms with Crippen LogP contribution in [0.1, 0.15) is 0 Å². The Morgan fingerprint density at radius 1 is 1.34 bits per heavy atom. The monoisotopic (exact) mass is 504 g/mol. The number of nitrogens with one attached hydrogen (secondary N) is 3. The molecule has 0 radical (unpaired) electrons. The molecule has 0 aromatic carbocycles. The Balaban J connectivity index is 1.11. The van der Waals surface area contributed by atoms with Gasteiger partial charge in [-0.3, -0.25) is 19.4 Å². The molecule has 1 atom stereocenters. The van der Waals surface area contributed by atoms with Crippen LogP contribution >= 0.6 is 11.8 Å². The van der Waals surface area contributed by atoms with Gasteiger partial charge in [-0.15, -0.1) is 0 Å². The number of ether oxygens (including phenoxy) is 2. The SMILES string of the molecule is CN1C(=O)CNc2cc(F)c(OCCNC[C@H]3CN(c4cnc5c(n4)NC(=O)CS5)C(=O)O3)nc21. The number of hydrogen-bond acceptors (Lipinski definition) is 11. The summed E-state index contributed by atoms with van der Waals surface area (Å²) in [6, 6.07) is 1.24. The van der Waals surface area contributed by atoms with E-state index in [1.165, 1.54) is 33.8 Å². The average Bonchev–Trinajstić information content (AvgIpc) is 3.21. The predicted octanol–water partition coefficient (Wildman–Crippen LogP) is 0.437. The second kappa shape index (κ2) is 9.50. The highest BCUT2D eigenvalue weighted by Crippen LogP contribution is 2.31. The number of aromatic nitrogens is 3. The number of nitrogens with zero attached hydrogens (tertiary/aromatic N) is 5. The van der Waals surface area contributed by atoms with E-state index in [1.807, 2.05) is 0 Å². The van der Waals surface area contributed by atoms with E-state index in [-0.39, 0.29) is 49.0 Å². The number of fused-ring (bicyclic) bond motifs is 2. The molecule has 5 heterocycles. The van der Waals surface area contributed by atoms with Crippen molar-refractivity contribution >= 4 is 52.8 Å². The first-order chi connectivity index (χ1) is 16.9. The van der Waals surface area contributed by atoms with E-state index in [1.54, 1.807) is 7.05 Å². The van der Waals surface area contributed by atoms with Crippen molar-refractivity contribution in [2.24, 2.45) is 0 Å². The molecule has 0 spiro atoms. The molecule has 0 bridgehead atoms. The Morgan fingerprint density at radius 2 is 2.20 bits per heavy atom. The lowest BCUT2D eigenvalue weighted by Crippen LogP contribution is -2.37. The highest BCUT2D eigenvalue weighted by atomic mass is 32.2. The van der Waals surface area contributed by atoms with Crippen LogP contribution < -0.4 is 30.5 Å². The van der Waals surface area contributed by atoms with Gasteiger partial charge in [0.05, 0.1) is 30.7 Å². The van der Waals surface area contributed by atoms with Crippen LogP contribution in [0.5, 0.6) is 5.88 Å². The third kappa shape index (κ3) is 4.77. The number of cyclic esters (lactones) is 1. The van der Waals surface area contributed by atoms with E-state index in [2.05, 4.69) is 30.9 Å². The minimum atomic E-state index is -0.639. The van der Waals surface area contributed by atoms with Crippen LogP contribution in [-0.4, -0.2) is 84.5 Å². The molecule has 3 N–H and O–H groups in total. The van der Waals surface area contributed by atoms with Gasteiger partial charge < -0.3 is 25.4 Å². The molecule has 35 heavy (non-hydrogen) atoms. The molecule has 3 amide bonds. The molecule has 2 aromatic rings. The smallest absolute Gasteiger partial charge is 0.416 e. The maximum Gasteiger partial charge on any atom is 0.416 e. The maximum absolute atomic E-state index is 14.3. The zero-order valence-electron chi connectivity index (χ0n) is 18.5. The molecule has 0 unspecified atom stereocenters. The van der Waals surface area contributed by atoms with E-state index < -0.39 is 18.0 Å². The van der Waals surface area contributed by atoms with E-state index in [9.17, 15) is 18.8 Å². The van der Waals surface area contributed by atoms with Gasteiger partial charge in [0.15, 0.2) is 23.3 Å². The van der Waals surface area contributed by atoms with Gasteiger partial charge >= 0.3 is 6.09 Å². The normalized spacial score (nSPS) is 19.0. The largest absolute Gasteiger partial charge is 0.474 e. The first kappa shape index (κ1) is 23.0. The average molecular weight is 505 g/mol. The topological polar surface area (TPSA) is 151 Å². The molecule has 3 aliphatic heterocycles. The van der Waals surface area contributed by atoms with Crippen molar-refractivity contribution in [2.75, 3.05) is 66.0 Å². The number of amides is 3. The van der Waals surface area contributed by atoms with Crippen LogP contribution in [0, 0.1) is 5.82 Å². The van der Waals surface area contributed by atoms with Gasteiger partial charge in [-0.2, -0.15) is 4.98 Å². The van der Waals surface area contributed by atoms with Crippen LogP contribution in [0.2, 0.25) is 0 Å². The summed E-state index contributed by atoms with van der Waals surface area (Å²) in [5.41, 5.74) is 0.424. The van der Waals surface area contributed by atoms with Crippen LogP contribution in [0.4, 0.5) is 32.3 Å². The van der Waals surface area contributed by atoms with Crippen LogP contribution in [-0.2, 0) is 14.3 Å². The molecule has 1 saturated heterocycles. The van der Waals surface area contributed by atoms with Crippen LogP contribution in [0.3, 0.4) is 0 Å². The third-order valence-corrected chi connectivity index (χ3v) is 6.39. The first-order valence-corrected chi connectivity index (χ1v) is 11.7. The molecule has 13 nitrogen and oxygen atoms in total. The Kier molecular flexibility index (Phi) is 6.25. The molecule has 3 aliphatic rings. The van der Waals surface area contributed by atoms with E-state index in [0.717, 1.165) is 0 Å². The fraction of sp³-hybridized carbons (Fsp3) is 0.400. The standard InChI is InChI=1S/C20H21FN8O5S/c1-28-15(31)7-23-12-4-11(21)18(27-17(12)28)33-3-2-22-5-10-8-29(20(32)34-10)13-6-24-19-16(25-13)26-14(30)9-35-19/h4,6,10,22-23H,2-3,5,7-9H2,1H3,(H,25,26,30)/t10-/m0/s1. The zero-order chi connectivity index (χ0) is 24.5. The van der Waals surface area contributed by atoms with Crippen molar-refractivity contribution in [3.63, 3.8) is 0 Å². The molecule has 0 saturated carbocycles. The molecule has 15 heteroatoms. The van der Waals surface area contributed by atoms with Crippen molar-refractivity contribution < 1.29 is 28.2 Å². The van der Waals surface area contributed by atoms with Gasteiger partial charge in [-0.05, 0) is 0 Å². The van der Waals surface area contributed by atoms with Gasteiger partial charge in [0.1, 0.15) is 17.7 Å². The Labute approximate surface area is 202 Å². The number of halogens is 1. The first-order valence-electron chi connectivity index (χ1n) is 10.7. The van der Waals surface area contributed by atoms with E-state index in [0.29, 0.717) is 35.4 Å². The van der Waals surface area contributed by atoms with E-state index >= 15 is 0 Å². The number of thioether (sulfide) groups is 1. The number of carbonyl (C=O) groups is 3. The molecule has 0 aliphatic carbocycles. The fourth-order valence-corrected chi connectivity index (χ4v) is 4.34. The minimum absolute atomic E-state index is 0.0760. The summed E-state index contributed by atoms with van der Waals surface area (Å²) in [4.78, 5) is 51.1. The number of anilines is 4. The highest BCUT2D eigenvalue weighted by Gasteiger charge is 2.34. The van der Waals surface area contributed by atoms with Gasteiger partial charge in [0, 0.05) is 26.2 Å². The number of carbonyl (C=O) groups excluding carboxylic acids is 3. The lowest BCUT2D eigenvalue weighted by molar-refractivity contribution is -0.117. The van der Waals surface area contributed by atoms with Crippen molar-refractivity contribution in [3.05, 3.63) is 18.1 Å². The van der Waals surface area contributed by atoms with Crippen molar-refractivity contribution in [1.29, 1.82) is 0 Å². The van der Waals surface area contributed by atoms with Gasteiger partial charge in [0.25, 0.3) is 5.88 Å². The van der Waals surface area contributed by atoms with Crippen molar-refractivity contribution in [3.8, 4) is 5.88 Å². The summed E-state index contributed by atoms with van der Waals surface area (Å²) in [6.45, 7) is 1.09. The van der Waals surface area contributed by atoms with Crippen LogP contribution in [0.15, 0.2) is 17.3 Å². The molecule has 2 aromatic heterocycles. The van der Waals surface area contributed by atoms with E-state index in [4.69, 9.17) is 9.47 Å². The second-order valence-corrected chi connectivity index (χ2v) is 8.80. The minimum Gasteiger partial charge on any atom is -0.474 e. The predicted molar refractivity (Wildman–Crippen MR) is 123 cm³/mol. The van der Waals surface area contributed by atoms with Gasteiger partial charge in [-0.25, -0.2) is 19.2 Å². The molecule has 5 rings (SSSR count). The molecule has 1 fully saturated rings. The van der Waals surface area contributed by atoms with Crippen molar-refractivity contribution in [2.45, 2.75) is 11.1 Å². The number of hydrogen-bond donors (Lipinski definition) is 3. The lowest BCUT2D eigenvalue weighted by Gasteiger charge is -2.26. The fourth-order valence-electron chi connectivity index (χ4n) is 3.64. The maximum atomic E-state index is 14.3. The van der Waals surface area contributed by atoms with Crippen molar-refractivity contribution in [1.82, 2.24) is 20.3 Å². The Bertz CT molecular complexity index is 1200. The molecule has 184 valence electrons. The second-order valence-electron chi connectivity index (χ2n) is 7.84. The molecular formula is C20H21FN8O5S. The van der Waals surface area contributed by atoms with Crippen LogP contribution in [0.25, 0.3) is 0 Å². The summed E-state index contributed by atoms with van der Waals surface area (Å²) < 4.78 is 25.1. The summed E-state index contributed by atoms with van der Waals surface area (Å²) in [7, 11) is 1.56. The number of rotatable bonds is 7. The number of likely N-dealkylation sites (N-methyl/N-ethyl adjacent to an activating group) is 1. The quantitative estimate of drug-likeness (QED) is 0.451. The van der Waals surface area contributed by atoms with Gasteiger partial charge in [0.2, 0.25) is 11.8 Å².